The van der Waals surface area contributed by atoms with E-state index in [1.54, 1.807) is 0 Å². The quantitative estimate of drug-likeness (QED) is 0.735. The molecule has 2 aliphatic rings. The summed E-state index contributed by atoms with van der Waals surface area (Å²) in [6.07, 6.45) is 6.56. The molecule has 0 unspecified atom stereocenters. The second-order valence-corrected chi connectivity index (χ2v) is 6.78. The van der Waals surface area contributed by atoms with Crippen molar-refractivity contribution in [1.29, 1.82) is 0 Å². The van der Waals surface area contributed by atoms with Crippen LogP contribution in [0.1, 0.15) is 41.6 Å². The zero-order chi connectivity index (χ0) is 16.4. The number of allylic oxidation sites excluding steroid dienone is 1. The third kappa shape index (κ3) is 2.89. The number of ketones is 1. The molecule has 1 fully saturated rings. The highest BCUT2D eigenvalue weighted by atomic mass is 16.5. The largest absolute Gasteiger partial charge is 0.482 e. The van der Waals surface area contributed by atoms with Crippen LogP contribution in [0.4, 0.5) is 0 Å². The molecular formula is C22H22O2. The van der Waals surface area contributed by atoms with E-state index in [1.165, 1.54) is 12.8 Å². The molecule has 0 spiro atoms. The summed E-state index contributed by atoms with van der Waals surface area (Å²) in [5.41, 5.74) is 1.81. The highest BCUT2D eigenvalue weighted by Crippen LogP contribution is 2.42. The second-order valence-electron chi connectivity index (χ2n) is 6.78. The third-order valence-electron chi connectivity index (χ3n) is 5.26. The molecule has 1 aliphatic heterocycles. The Morgan fingerprint density at radius 1 is 0.875 bits per heavy atom. The average Bonchev–Trinajstić information content (AvgIpc) is 2.68. The minimum absolute atomic E-state index is 0.119. The van der Waals surface area contributed by atoms with Gasteiger partial charge in [-0.25, -0.2) is 0 Å². The Hall–Kier alpha value is -2.35. The standard InChI is InChI=1S/C22H22O2/c23-21(17-11-5-2-6-12-17)22-19-14-8-7-13-18(19)15-20(24-22)16-9-3-1-4-10-16/h1-6,9-12,15,18-19,22H,7-8,13-14H2/t18-,19+,22+/m0/s1. The molecule has 3 atom stereocenters. The van der Waals surface area contributed by atoms with Gasteiger partial charge in [-0.2, -0.15) is 0 Å². The van der Waals surface area contributed by atoms with E-state index in [4.69, 9.17) is 4.74 Å². The SMILES string of the molecule is O=C(c1ccccc1)[C@@H]1OC(c2ccccc2)=C[C@@H]2CCCC[C@H]21. The number of benzene rings is 2. The van der Waals surface area contributed by atoms with Crippen molar-refractivity contribution in [2.24, 2.45) is 11.8 Å². The fourth-order valence-electron chi connectivity index (χ4n) is 4.01. The van der Waals surface area contributed by atoms with Gasteiger partial charge in [0, 0.05) is 17.0 Å². The lowest BCUT2D eigenvalue weighted by atomic mass is 9.73. The van der Waals surface area contributed by atoms with Gasteiger partial charge in [-0.3, -0.25) is 4.79 Å². The van der Waals surface area contributed by atoms with Crippen molar-refractivity contribution >= 4 is 11.5 Å². The van der Waals surface area contributed by atoms with E-state index in [2.05, 4.69) is 18.2 Å². The van der Waals surface area contributed by atoms with E-state index in [0.717, 1.165) is 29.7 Å². The Labute approximate surface area is 143 Å². The maximum absolute atomic E-state index is 13.1. The maximum Gasteiger partial charge on any atom is 0.203 e. The number of Topliss-reactive ketones (excluding diaryl/α,β-unsaturated/α-hetero) is 1. The number of hydrogen-bond donors (Lipinski definition) is 0. The van der Waals surface area contributed by atoms with Gasteiger partial charge in [0.1, 0.15) is 5.76 Å². The minimum atomic E-state index is -0.363. The van der Waals surface area contributed by atoms with Crippen LogP contribution in [0, 0.1) is 11.8 Å². The lowest BCUT2D eigenvalue weighted by Gasteiger charge is -2.39. The summed E-state index contributed by atoms with van der Waals surface area (Å²) in [5.74, 6) is 1.74. The second kappa shape index (κ2) is 6.64. The van der Waals surface area contributed by atoms with Crippen molar-refractivity contribution in [3.05, 3.63) is 77.9 Å². The Balaban J connectivity index is 1.68. The van der Waals surface area contributed by atoms with E-state index in [0.29, 0.717) is 11.8 Å². The lowest BCUT2D eigenvalue weighted by molar-refractivity contribution is 0.0352. The predicted molar refractivity (Wildman–Crippen MR) is 95.5 cm³/mol. The van der Waals surface area contributed by atoms with Crippen LogP contribution in [0.2, 0.25) is 0 Å². The summed E-state index contributed by atoms with van der Waals surface area (Å²) >= 11 is 0. The molecule has 2 heteroatoms. The highest BCUT2D eigenvalue weighted by molar-refractivity contribution is 6.00. The fourth-order valence-corrected chi connectivity index (χ4v) is 4.01. The average molecular weight is 318 g/mol. The molecule has 0 amide bonds. The van der Waals surface area contributed by atoms with E-state index in [9.17, 15) is 4.79 Å². The summed E-state index contributed by atoms with van der Waals surface area (Å²) in [7, 11) is 0. The van der Waals surface area contributed by atoms with Crippen molar-refractivity contribution in [3.8, 4) is 0 Å². The zero-order valence-electron chi connectivity index (χ0n) is 13.7. The van der Waals surface area contributed by atoms with E-state index in [1.807, 2.05) is 48.5 Å². The minimum Gasteiger partial charge on any atom is -0.482 e. The lowest BCUT2D eigenvalue weighted by Crippen LogP contribution is -2.40. The Morgan fingerprint density at radius 2 is 1.54 bits per heavy atom. The first-order valence-electron chi connectivity index (χ1n) is 8.86. The molecule has 0 radical (unpaired) electrons. The highest BCUT2D eigenvalue weighted by Gasteiger charge is 2.40. The van der Waals surface area contributed by atoms with Crippen molar-refractivity contribution in [1.82, 2.24) is 0 Å². The Morgan fingerprint density at radius 3 is 2.29 bits per heavy atom. The van der Waals surface area contributed by atoms with Crippen LogP contribution in [-0.2, 0) is 4.74 Å². The van der Waals surface area contributed by atoms with Gasteiger partial charge in [0.15, 0.2) is 6.10 Å². The monoisotopic (exact) mass is 318 g/mol. The van der Waals surface area contributed by atoms with Crippen LogP contribution in [0.25, 0.3) is 5.76 Å². The molecule has 0 bridgehead atoms. The van der Waals surface area contributed by atoms with Crippen LogP contribution < -0.4 is 0 Å². The summed E-state index contributed by atoms with van der Waals surface area (Å²) in [6.45, 7) is 0. The van der Waals surface area contributed by atoms with Gasteiger partial charge in [0.25, 0.3) is 0 Å². The van der Waals surface area contributed by atoms with Crippen LogP contribution in [-0.4, -0.2) is 11.9 Å². The van der Waals surface area contributed by atoms with Crippen molar-refractivity contribution in [3.63, 3.8) is 0 Å². The first kappa shape index (κ1) is 15.2. The predicted octanol–water partition coefficient (Wildman–Crippen LogP) is 5.12. The molecule has 2 aromatic rings. The van der Waals surface area contributed by atoms with Gasteiger partial charge in [-0.05, 0) is 24.8 Å². The zero-order valence-corrected chi connectivity index (χ0v) is 13.7. The van der Waals surface area contributed by atoms with Crippen LogP contribution in [0.15, 0.2) is 66.7 Å². The summed E-state index contributed by atoms with van der Waals surface area (Å²) in [5, 5.41) is 0. The van der Waals surface area contributed by atoms with Crippen molar-refractivity contribution in [2.75, 3.05) is 0 Å². The number of rotatable bonds is 3. The maximum atomic E-state index is 13.1. The van der Waals surface area contributed by atoms with E-state index in [-0.39, 0.29) is 11.9 Å². The van der Waals surface area contributed by atoms with E-state index >= 15 is 0 Å². The van der Waals surface area contributed by atoms with Crippen molar-refractivity contribution in [2.45, 2.75) is 31.8 Å². The number of hydrogen-bond acceptors (Lipinski definition) is 2. The fraction of sp³-hybridized carbons (Fsp3) is 0.318. The van der Waals surface area contributed by atoms with E-state index < -0.39 is 0 Å². The first-order chi connectivity index (χ1) is 11.8. The molecule has 1 aliphatic carbocycles. The molecule has 0 saturated heterocycles. The third-order valence-corrected chi connectivity index (χ3v) is 5.26. The molecule has 1 heterocycles. The molecule has 0 N–H and O–H groups in total. The molecule has 2 aromatic carbocycles. The van der Waals surface area contributed by atoms with Gasteiger partial charge < -0.3 is 4.74 Å². The number of ether oxygens (including phenoxy) is 1. The van der Waals surface area contributed by atoms with Crippen molar-refractivity contribution < 1.29 is 9.53 Å². The Bertz CT molecular complexity index is 733. The molecule has 122 valence electrons. The summed E-state index contributed by atoms with van der Waals surface area (Å²) in [4.78, 5) is 13.1. The molecule has 4 rings (SSSR count). The van der Waals surface area contributed by atoms with Crippen LogP contribution in [0.5, 0.6) is 0 Å². The number of carbonyl (C=O) groups is 1. The summed E-state index contributed by atoms with van der Waals surface area (Å²) < 4.78 is 6.27. The molecular weight excluding hydrogens is 296 g/mol. The Kier molecular flexibility index (Phi) is 4.20. The van der Waals surface area contributed by atoms with Gasteiger partial charge in [0.2, 0.25) is 5.78 Å². The molecule has 24 heavy (non-hydrogen) atoms. The smallest absolute Gasteiger partial charge is 0.203 e. The van der Waals surface area contributed by atoms with Gasteiger partial charge in [-0.1, -0.05) is 73.5 Å². The van der Waals surface area contributed by atoms with Gasteiger partial charge >= 0.3 is 0 Å². The number of carbonyl (C=O) groups excluding carboxylic acids is 1. The molecule has 1 saturated carbocycles. The van der Waals surface area contributed by atoms with Crippen LogP contribution >= 0.6 is 0 Å². The first-order valence-corrected chi connectivity index (χ1v) is 8.86. The molecule has 0 aromatic heterocycles. The number of fused-ring (bicyclic) bond motifs is 1. The molecule has 2 nitrogen and oxygen atoms in total. The van der Waals surface area contributed by atoms with Gasteiger partial charge in [0.05, 0.1) is 0 Å². The van der Waals surface area contributed by atoms with Gasteiger partial charge in [-0.15, -0.1) is 0 Å². The van der Waals surface area contributed by atoms with Crippen LogP contribution in [0.3, 0.4) is 0 Å². The topological polar surface area (TPSA) is 26.3 Å². The normalized spacial score (nSPS) is 26.0. The summed E-state index contributed by atoms with van der Waals surface area (Å²) in [6, 6.07) is 19.7.